The molecule has 1 aliphatic heterocycles. The first kappa shape index (κ1) is 15.3. The number of aromatic nitrogens is 1. The Morgan fingerprint density at radius 2 is 2.29 bits per heavy atom. The number of carboxylic acid groups (broad SMARTS) is 1. The minimum atomic E-state index is -0.864. The van der Waals surface area contributed by atoms with E-state index in [1.807, 2.05) is 24.8 Å². The molecule has 1 aromatic rings. The quantitative estimate of drug-likeness (QED) is 0.904. The number of hydrogen-bond donors (Lipinski definition) is 1. The summed E-state index contributed by atoms with van der Waals surface area (Å²) in [6, 6.07) is 3.76. The number of rotatable bonds is 4. The van der Waals surface area contributed by atoms with Crippen LogP contribution in [0.15, 0.2) is 6.07 Å². The summed E-state index contributed by atoms with van der Waals surface area (Å²) in [5.41, 5.74) is 2.72. The van der Waals surface area contributed by atoms with Gasteiger partial charge < -0.3 is 14.7 Å². The Morgan fingerprint density at radius 1 is 1.57 bits per heavy atom. The molecular weight excluding hydrogens is 270 g/mol. The summed E-state index contributed by atoms with van der Waals surface area (Å²) in [7, 11) is 0. The standard InChI is InChI=1S/C15H19N3O3/c1-4-18(14-8-21-7-12(14)15(19)20)13-5-9(2)17-10(3)11(13)6-16/h5,12,14H,4,7-8H2,1-3H3,(H,19,20). The minimum absolute atomic E-state index is 0.210. The normalized spacial score (nSPS) is 21.0. The fourth-order valence-electron chi connectivity index (χ4n) is 2.84. The molecule has 1 N–H and O–H groups in total. The highest BCUT2D eigenvalue weighted by Gasteiger charge is 2.38. The summed E-state index contributed by atoms with van der Waals surface area (Å²) in [6.45, 7) is 6.78. The van der Waals surface area contributed by atoms with Gasteiger partial charge in [-0.1, -0.05) is 0 Å². The van der Waals surface area contributed by atoms with Crippen molar-refractivity contribution >= 4 is 11.7 Å². The number of carboxylic acids is 1. The first-order valence-corrected chi connectivity index (χ1v) is 6.95. The average molecular weight is 289 g/mol. The van der Waals surface area contributed by atoms with E-state index in [9.17, 15) is 15.2 Å². The lowest BCUT2D eigenvalue weighted by molar-refractivity contribution is -0.141. The Balaban J connectivity index is 2.47. The molecule has 0 radical (unpaired) electrons. The van der Waals surface area contributed by atoms with Crippen LogP contribution in [0.5, 0.6) is 0 Å². The third kappa shape index (κ3) is 2.83. The molecule has 2 rings (SSSR count). The molecule has 1 saturated heterocycles. The predicted molar refractivity (Wildman–Crippen MR) is 77.2 cm³/mol. The van der Waals surface area contributed by atoms with Crippen molar-refractivity contribution in [3.05, 3.63) is 23.0 Å². The summed E-state index contributed by atoms with van der Waals surface area (Å²) in [5, 5.41) is 18.7. The molecule has 6 nitrogen and oxygen atoms in total. The largest absolute Gasteiger partial charge is 0.481 e. The molecule has 0 bridgehead atoms. The molecule has 2 unspecified atom stereocenters. The smallest absolute Gasteiger partial charge is 0.311 e. The molecule has 0 spiro atoms. The first-order chi connectivity index (χ1) is 9.99. The van der Waals surface area contributed by atoms with Gasteiger partial charge in [-0.25, -0.2) is 0 Å². The van der Waals surface area contributed by atoms with Gasteiger partial charge in [0.15, 0.2) is 0 Å². The van der Waals surface area contributed by atoms with Crippen LogP contribution in [0.2, 0.25) is 0 Å². The molecule has 6 heteroatoms. The molecule has 21 heavy (non-hydrogen) atoms. The molecule has 0 aromatic carbocycles. The SMILES string of the molecule is CCN(c1cc(C)nc(C)c1C#N)C1COCC1C(=O)O. The number of ether oxygens (including phenoxy) is 1. The average Bonchev–Trinajstić information content (AvgIpc) is 2.88. The maximum atomic E-state index is 11.4. The lowest BCUT2D eigenvalue weighted by Gasteiger charge is -2.32. The van der Waals surface area contributed by atoms with E-state index in [4.69, 9.17) is 4.74 Å². The van der Waals surface area contributed by atoms with Gasteiger partial charge in [-0.3, -0.25) is 9.78 Å². The van der Waals surface area contributed by atoms with E-state index < -0.39 is 11.9 Å². The monoisotopic (exact) mass is 289 g/mol. The number of nitriles is 1. The van der Waals surface area contributed by atoms with E-state index in [1.54, 1.807) is 6.92 Å². The molecule has 0 aliphatic carbocycles. The lowest BCUT2D eigenvalue weighted by Crippen LogP contribution is -2.43. The maximum absolute atomic E-state index is 11.4. The topological polar surface area (TPSA) is 86.5 Å². The molecule has 112 valence electrons. The Labute approximate surface area is 124 Å². The van der Waals surface area contributed by atoms with Crippen LogP contribution in [-0.2, 0) is 9.53 Å². The number of carbonyl (C=O) groups is 1. The van der Waals surface area contributed by atoms with Crippen LogP contribution in [0.4, 0.5) is 5.69 Å². The highest BCUT2D eigenvalue weighted by Crippen LogP contribution is 2.30. The molecule has 2 atom stereocenters. The zero-order valence-corrected chi connectivity index (χ0v) is 12.5. The van der Waals surface area contributed by atoms with Crippen LogP contribution < -0.4 is 4.90 Å². The van der Waals surface area contributed by atoms with Crippen molar-refractivity contribution in [1.82, 2.24) is 4.98 Å². The molecule has 2 heterocycles. The van der Waals surface area contributed by atoms with E-state index in [2.05, 4.69) is 11.1 Å². The van der Waals surface area contributed by atoms with Crippen molar-refractivity contribution in [1.29, 1.82) is 5.26 Å². The molecular formula is C15H19N3O3. The second-order valence-corrected chi connectivity index (χ2v) is 5.19. The van der Waals surface area contributed by atoms with Crippen LogP contribution >= 0.6 is 0 Å². The zero-order chi connectivity index (χ0) is 15.6. The first-order valence-electron chi connectivity index (χ1n) is 6.95. The summed E-state index contributed by atoms with van der Waals surface area (Å²) >= 11 is 0. The Bertz CT molecular complexity index is 595. The van der Waals surface area contributed by atoms with Crippen LogP contribution in [-0.4, -0.2) is 41.9 Å². The number of likely N-dealkylation sites (N-methyl/N-ethyl adjacent to an activating group) is 1. The Morgan fingerprint density at radius 3 is 2.86 bits per heavy atom. The van der Waals surface area contributed by atoms with Gasteiger partial charge in [0.25, 0.3) is 0 Å². The van der Waals surface area contributed by atoms with E-state index in [1.165, 1.54) is 0 Å². The number of anilines is 1. The zero-order valence-electron chi connectivity index (χ0n) is 12.5. The highest BCUT2D eigenvalue weighted by molar-refractivity contribution is 5.73. The number of aliphatic carboxylic acids is 1. The van der Waals surface area contributed by atoms with E-state index >= 15 is 0 Å². The van der Waals surface area contributed by atoms with Crippen molar-refractivity contribution in [2.45, 2.75) is 26.8 Å². The van der Waals surface area contributed by atoms with Gasteiger partial charge in [0.2, 0.25) is 0 Å². The van der Waals surface area contributed by atoms with Crippen LogP contribution in [0.3, 0.4) is 0 Å². The number of pyridine rings is 1. The van der Waals surface area contributed by atoms with Gasteiger partial charge in [-0.05, 0) is 26.8 Å². The molecule has 1 aromatic heterocycles. The number of aryl methyl sites for hydroxylation is 2. The fraction of sp³-hybridized carbons (Fsp3) is 0.533. The van der Waals surface area contributed by atoms with Crippen molar-refractivity contribution in [3.63, 3.8) is 0 Å². The van der Waals surface area contributed by atoms with E-state index in [-0.39, 0.29) is 12.6 Å². The predicted octanol–water partition coefficient (Wildman–Crippen LogP) is 1.50. The Hall–Kier alpha value is -2.13. The van der Waals surface area contributed by atoms with E-state index in [0.717, 1.165) is 11.4 Å². The fourth-order valence-corrected chi connectivity index (χ4v) is 2.84. The van der Waals surface area contributed by atoms with Crippen molar-refractivity contribution in [3.8, 4) is 6.07 Å². The van der Waals surface area contributed by atoms with Gasteiger partial charge >= 0.3 is 5.97 Å². The van der Waals surface area contributed by atoms with Crippen LogP contribution in [0.25, 0.3) is 0 Å². The second-order valence-electron chi connectivity index (χ2n) is 5.19. The van der Waals surface area contributed by atoms with Crippen molar-refractivity contribution in [2.75, 3.05) is 24.7 Å². The molecule has 0 amide bonds. The van der Waals surface area contributed by atoms with Gasteiger partial charge in [-0.15, -0.1) is 0 Å². The molecule has 1 aliphatic rings. The Kier molecular flexibility index (Phi) is 4.43. The molecule has 0 saturated carbocycles. The highest BCUT2D eigenvalue weighted by atomic mass is 16.5. The lowest BCUT2D eigenvalue weighted by atomic mass is 10.00. The van der Waals surface area contributed by atoms with Crippen LogP contribution in [0, 0.1) is 31.1 Å². The van der Waals surface area contributed by atoms with Gasteiger partial charge in [0.05, 0.1) is 36.2 Å². The van der Waals surface area contributed by atoms with Crippen molar-refractivity contribution < 1.29 is 14.6 Å². The van der Waals surface area contributed by atoms with E-state index in [0.29, 0.717) is 24.4 Å². The van der Waals surface area contributed by atoms with Crippen LogP contribution in [0.1, 0.15) is 23.9 Å². The third-order valence-electron chi connectivity index (χ3n) is 3.84. The summed E-state index contributed by atoms with van der Waals surface area (Å²) in [5.74, 6) is -1.44. The van der Waals surface area contributed by atoms with Crippen molar-refractivity contribution in [2.24, 2.45) is 5.92 Å². The second kappa shape index (κ2) is 6.10. The van der Waals surface area contributed by atoms with Gasteiger partial charge in [0.1, 0.15) is 12.0 Å². The number of nitrogens with zero attached hydrogens (tertiary/aromatic N) is 3. The summed E-state index contributed by atoms with van der Waals surface area (Å²) < 4.78 is 5.35. The van der Waals surface area contributed by atoms with Gasteiger partial charge in [-0.2, -0.15) is 5.26 Å². The molecule has 1 fully saturated rings. The number of hydrogen-bond acceptors (Lipinski definition) is 5. The third-order valence-corrected chi connectivity index (χ3v) is 3.84. The summed E-state index contributed by atoms with van der Waals surface area (Å²) in [4.78, 5) is 17.6. The maximum Gasteiger partial charge on any atom is 0.311 e. The minimum Gasteiger partial charge on any atom is -0.481 e. The summed E-state index contributed by atoms with van der Waals surface area (Å²) in [6.07, 6.45) is 0. The van der Waals surface area contributed by atoms with Gasteiger partial charge in [0, 0.05) is 12.2 Å².